The number of hydrogen-bond acceptors (Lipinski definition) is 2. The number of carbonyl (C=O) groups is 1. The molecule has 0 saturated heterocycles. The molecule has 1 N–H and O–H groups in total. The van der Waals surface area contributed by atoms with Gasteiger partial charge in [0.1, 0.15) is 5.75 Å². The summed E-state index contributed by atoms with van der Waals surface area (Å²) in [5.41, 5.74) is 3.95. The quantitative estimate of drug-likeness (QED) is 0.831. The Morgan fingerprint density at radius 3 is 2.35 bits per heavy atom. The Kier molecular flexibility index (Phi) is 5.67. The van der Waals surface area contributed by atoms with Crippen LogP contribution in [0.5, 0.6) is 5.75 Å². The van der Waals surface area contributed by atoms with Crippen LogP contribution in [0.3, 0.4) is 0 Å². The number of hydrogen-bond donors (Lipinski definition) is 1. The normalized spacial score (nSPS) is 11.9. The molecule has 0 spiro atoms. The molecule has 0 aromatic heterocycles. The van der Waals surface area contributed by atoms with Crippen LogP contribution >= 0.6 is 11.6 Å². The Bertz CT molecular complexity index is 692. The van der Waals surface area contributed by atoms with Crippen LogP contribution in [0.2, 0.25) is 5.02 Å². The minimum atomic E-state index is -0.545. The number of rotatable bonds is 5. The van der Waals surface area contributed by atoms with Gasteiger partial charge in [-0.15, -0.1) is 0 Å². The second-order valence-electron chi connectivity index (χ2n) is 5.79. The molecule has 0 heterocycles. The molecule has 0 aliphatic carbocycles. The zero-order valence-electron chi connectivity index (χ0n) is 13.9. The monoisotopic (exact) mass is 331 g/mol. The maximum absolute atomic E-state index is 12.5. The van der Waals surface area contributed by atoms with E-state index in [9.17, 15) is 4.79 Å². The van der Waals surface area contributed by atoms with E-state index < -0.39 is 6.10 Å². The zero-order valence-corrected chi connectivity index (χ0v) is 14.7. The highest BCUT2D eigenvalue weighted by molar-refractivity contribution is 6.31. The van der Waals surface area contributed by atoms with Crippen molar-refractivity contribution in [3.05, 3.63) is 58.1 Å². The largest absolute Gasteiger partial charge is 0.481 e. The van der Waals surface area contributed by atoms with E-state index in [1.54, 1.807) is 12.1 Å². The molecule has 2 aromatic carbocycles. The first-order valence-corrected chi connectivity index (χ1v) is 8.09. The average molecular weight is 332 g/mol. The van der Waals surface area contributed by atoms with E-state index in [4.69, 9.17) is 16.3 Å². The molecule has 0 radical (unpaired) electrons. The van der Waals surface area contributed by atoms with Crippen LogP contribution in [0.1, 0.15) is 30.0 Å². The summed E-state index contributed by atoms with van der Waals surface area (Å²) in [5, 5.41) is 3.62. The first kappa shape index (κ1) is 17.4. The fourth-order valence-corrected chi connectivity index (χ4v) is 2.56. The van der Waals surface area contributed by atoms with Gasteiger partial charge in [-0.2, -0.15) is 0 Å². The van der Waals surface area contributed by atoms with Crippen LogP contribution in [-0.2, 0) is 4.79 Å². The van der Waals surface area contributed by atoms with Crippen molar-refractivity contribution in [2.24, 2.45) is 0 Å². The molecular weight excluding hydrogens is 310 g/mol. The molecular formula is C19H22ClNO2. The lowest BCUT2D eigenvalue weighted by atomic mass is 10.1. The summed E-state index contributed by atoms with van der Waals surface area (Å²) in [6, 6.07) is 11.4. The summed E-state index contributed by atoms with van der Waals surface area (Å²) in [6.45, 7) is 7.85. The molecule has 3 nitrogen and oxygen atoms in total. The van der Waals surface area contributed by atoms with Gasteiger partial charge >= 0.3 is 0 Å². The van der Waals surface area contributed by atoms with E-state index in [2.05, 4.69) is 11.4 Å². The summed E-state index contributed by atoms with van der Waals surface area (Å²) in [5.74, 6) is 0.499. The lowest BCUT2D eigenvalue weighted by Crippen LogP contribution is -2.32. The van der Waals surface area contributed by atoms with Gasteiger partial charge in [-0.3, -0.25) is 4.79 Å². The highest BCUT2D eigenvalue weighted by Crippen LogP contribution is 2.23. The molecule has 4 heteroatoms. The standard InChI is InChI=1S/C19H22ClNO2/c1-5-18(23-16-6-7-17(20)14(4)11-16)19(22)21-15-9-12(2)8-13(3)10-15/h6-11,18H,5H2,1-4H3,(H,21,22)/t18-/m1/s1. The van der Waals surface area contributed by atoms with Crippen LogP contribution in [0.4, 0.5) is 5.69 Å². The summed E-state index contributed by atoms with van der Waals surface area (Å²) in [4.78, 5) is 12.5. The highest BCUT2D eigenvalue weighted by atomic mass is 35.5. The lowest BCUT2D eigenvalue weighted by molar-refractivity contribution is -0.122. The second-order valence-corrected chi connectivity index (χ2v) is 6.20. The van der Waals surface area contributed by atoms with Crippen molar-refractivity contribution < 1.29 is 9.53 Å². The topological polar surface area (TPSA) is 38.3 Å². The summed E-state index contributed by atoms with van der Waals surface area (Å²) in [6.07, 6.45) is 0.0366. The van der Waals surface area contributed by atoms with Crippen LogP contribution < -0.4 is 10.1 Å². The van der Waals surface area contributed by atoms with Crippen molar-refractivity contribution in [1.29, 1.82) is 0 Å². The van der Waals surface area contributed by atoms with Gasteiger partial charge in [0.2, 0.25) is 0 Å². The minimum absolute atomic E-state index is 0.148. The Labute approximate surface area is 142 Å². The Hall–Kier alpha value is -2.00. The maximum atomic E-state index is 12.5. The van der Waals surface area contributed by atoms with Crippen molar-refractivity contribution in [2.45, 2.75) is 40.2 Å². The third-order valence-corrected chi connectivity index (χ3v) is 3.98. The molecule has 1 atom stereocenters. The molecule has 0 saturated carbocycles. The first-order valence-electron chi connectivity index (χ1n) is 7.71. The molecule has 0 aliphatic heterocycles. The predicted octanol–water partition coefficient (Wildman–Crippen LogP) is 5.06. The van der Waals surface area contributed by atoms with E-state index in [-0.39, 0.29) is 5.91 Å². The number of carbonyl (C=O) groups excluding carboxylic acids is 1. The highest BCUT2D eigenvalue weighted by Gasteiger charge is 2.19. The molecule has 0 unspecified atom stereocenters. The Morgan fingerprint density at radius 1 is 1.13 bits per heavy atom. The van der Waals surface area contributed by atoms with Gasteiger partial charge < -0.3 is 10.1 Å². The molecule has 122 valence electrons. The van der Waals surface area contributed by atoms with Gasteiger partial charge in [0.05, 0.1) is 0 Å². The first-order chi connectivity index (χ1) is 10.9. The van der Waals surface area contributed by atoms with Crippen molar-refractivity contribution >= 4 is 23.2 Å². The average Bonchev–Trinajstić information content (AvgIpc) is 2.47. The number of nitrogens with one attached hydrogen (secondary N) is 1. The smallest absolute Gasteiger partial charge is 0.265 e. The van der Waals surface area contributed by atoms with Gasteiger partial charge in [-0.05, 0) is 74.2 Å². The van der Waals surface area contributed by atoms with E-state index in [0.717, 1.165) is 22.4 Å². The molecule has 2 aromatic rings. The third kappa shape index (κ3) is 4.73. The SMILES string of the molecule is CC[C@@H](Oc1ccc(Cl)c(C)c1)C(=O)Nc1cc(C)cc(C)c1. The maximum Gasteiger partial charge on any atom is 0.265 e. The van der Waals surface area contributed by atoms with Crippen molar-refractivity contribution in [3.8, 4) is 5.75 Å². The summed E-state index contributed by atoms with van der Waals surface area (Å²) in [7, 11) is 0. The number of aryl methyl sites for hydroxylation is 3. The van der Waals surface area contributed by atoms with Crippen LogP contribution in [-0.4, -0.2) is 12.0 Å². The number of benzene rings is 2. The number of halogens is 1. The fourth-order valence-electron chi connectivity index (χ4n) is 2.45. The fraction of sp³-hybridized carbons (Fsp3) is 0.316. The predicted molar refractivity (Wildman–Crippen MR) is 95.4 cm³/mol. The van der Waals surface area contributed by atoms with Crippen molar-refractivity contribution in [1.82, 2.24) is 0 Å². The third-order valence-electron chi connectivity index (χ3n) is 3.56. The van der Waals surface area contributed by atoms with Crippen molar-refractivity contribution in [2.75, 3.05) is 5.32 Å². The van der Waals surface area contributed by atoms with E-state index in [1.807, 2.05) is 45.9 Å². The van der Waals surface area contributed by atoms with Crippen molar-refractivity contribution in [3.63, 3.8) is 0 Å². The van der Waals surface area contributed by atoms with Gasteiger partial charge in [0.25, 0.3) is 5.91 Å². The lowest BCUT2D eigenvalue weighted by Gasteiger charge is -2.18. The Balaban J connectivity index is 2.10. The van der Waals surface area contributed by atoms with E-state index >= 15 is 0 Å². The number of amides is 1. The van der Waals surface area contributed by atoms with Gasteiger partial charge in [0.15, 0.2) is 6.10 Å². The number of anilines is 1. The van der Waals surface area contributed by atoms with Crippen LogP contribution in [0.15, 0.2) is 36.4 Å². The molecule has 1 amide bonds. The summed E-state index contributed by atoms with van der Waals surface area (Å²) >= 11 is 6.02. The molecule has 0 bridgehead atoms. The number of ether oxygens (including phenoxy) is 1. The zero-order chi connectivity index (χ0) is 17.0. The second kappa shape index (κ2) is 7.51. The Morgan fingerprint density at radius 2 is 1.78 bits per heavy atom. The van der Waals surface area contributed by atoms with Crippen LogP contribution in [0.25, 0.3) is 0 Å². The van der Waals surface area contributed by atoms with Gasteiger partial charge in [-0.25, -0.2) is 0 Å². The molecule has 0 aliphatic rings. The van der Waals surface area contributed by atoms with E-state index in [0.29, 0.717) is 17.2 Å². The minimum Gasteiger partial charge on any atom is -0.481 e. The molecule has 2 rings (SSSR count). The molecule has 0 fully saturated rings. The summed E-state index contributed by atoms with van der Waals surface area (Å²) < 4.78 is 5.82. The van der Waals surface area contributed by atoms with Gasteiger partial charge in [0, 0.05) is 10.7 Å². The van der Waals surface area contributed by atoms with Gasteiger partial charge in [-0.1, -0.05) is 24.6 Å². The van der Waals surface area contributed by atoms with Crippen LogP contribution in [0, 0.1) is 20.8 Å². The van der Waals surface area contributed by atoms with E-state index in [1.165, 1.54) is 0 Å². The molecule has 23 heavy (non-hydrogen) atoms.